The summed E-state index contributed by atoms with van der Waals surface area (Å²) in [7, 11) is 0. The third-order valence-corrected chi connectivity index (χ3v) is 5.11. The molecule has 0 aliphatic carbocycles. The first-order valence-corrected chi connectivity index (χ1v) is 8.35. The molecule has 2 aromatic carbocycles. The molecule has 4 heteroatoms. The summed E-state index contributed by atoms with van der Waals surface area (Å²) in [5.74, 6) is 0. The third-order valence-electron chi connectivity index (χ3n) is 3.89. The maximum absolute atomic E-state index is 3.42. The highest BCUT2D eigenvalue weighted by Crippen LogP contribution is 2.37. The van der Waals surface area contributed by atoms with Crippen molar-refractivity contribution < 1.29 is 0 Å². The highest BCUT2D eigenvalue weighted by molar-refractivity contribution is 8.93. The highest BCUT2D eigenvalue weighted by Gasteiger charge is 2.14. The minimum Gasteiger partial charge on any atom is -0.368 e. The number of hydrogen-bond donors (Lipinski definition) is 1. The maximum atomic E-state index is 3.42. The van der Waals surface area contributed by atoms with Crippen LogP contribution in [0.2, 0.25) is 0 Å². The van der Waals surface area contributed by atoms with Gasteiger partial charge < -0.3 is 10.2 Å². The SMILES string of the molecule is Br.Cc1ccc(C)c(Sc2ccccc2N2CCNCC2)c1. The Morgan fingerprint density at radius 3 is 2.45 bits per heavy atom. The summed E-state index contributed by atoms with van der Waals surface area (Å²) in [6.45, 7) is 8.67. The van der Waals surface area contributed by atoms with Gasteiger partial charge in [-0.1, -0.05) is 36.0 Å². The van der Waals surface area contributed by atoms with Crippen LogP contribution in [0, 0.1) is 13.8 Å². The Morgan fingerprint density at radius 2 is 1.68 bits per heavy atom. The van der Waals surface area contributed by atoms with Crippen LogP contribution in [0.1, 0.15) is 11.1 Å². The molecule has 118 valence electrons. The van der Waals surface area contributed by atoms with E-state index in [1.807, 2.05) is 11.8 Å². The molecule has 1 saturated heterocycles. The number of para-hydroxylation sites is 1. The Kier molecular flexibility index (Phi) is 6.36. The first kappa shape index (κ1) is 17.4. The summed E-state index contributed by atoms with van der Waals surface area (Å²) in [5.41, 5.74) is 4.04. The van der Waals surface area contributed by atoms with E-state index in [0.717, 1.165) is 26.2 Å². The van der Waals surface area contributed by atoms with Gasteiger partial charge in [0.1, 0.15) is 0 Å². The van der Waals surface area contributed by atoms with Crippen molar-refractivity contribution in [1.29, 1.82) is 0 Å². The Bertz CT molecular complexity index is 624. The number of piperazine rings is 1. The zero-order valence-electron chi connectivity index (χ0n) is 13.1. The number of hydrogen-bond acceptors (Lipinski definition) is 3. The van der Waals surface area contributed by atoms with Gasteiger partial charge in [-0.05, 0) is 43.2 Å². The fraction of sp³-hybridized carbons (Fsp3) is 0.333. The van der Waals surface area contributed by atoms with Gasteiger partial charge in [0, 0.05) is 36.0 Å². The van der Waals surface area contributed by atoms with Crippen molar-refractivity contribution in [3.8, 4) is 0 Å². The lowest BCUT2D eigenvalue weighted by Gasteiger charge is -2.31. The van der Waals surface area contributed by atoms with Crippen LogP contribution in [-0.2, 0) is 0 Å². The number of aryl methyl sites for hydroxylation is 2. The molecule has 0 atom stereocenters. The molecule has 1 heterocycles. The minimum absolute atomic E-state index is 0. The smallest absolute Gasteiger partial charge is 0.0508 e. The molecule has 0 saturated carbocycles. The van der Waals surface area contributed by atoms with E-state index in [9.17, 15) is 0 Å². The molecule has 1 aliphatic heterocycles. The number of halogens is 1. The summed E-state index contributed by atoms with van der Waals surface area (Å²) in [6.07, 6.45) is 0. The molecule has 0 bridgehead atoms. The molecule has 1 aliphatic rings. The van der Waals surface area contributed by atoms with Gasteiger partial charge >= 0.3 is 0 Å². The normalized spacial score (nSPS) is 14.5. The molecule has 0 amide bonds. The number of anilines is 1. The number of nitrogens with one attached hydrogen (secondary N) is 1. The van der Waals surface area contributed by atoms with Gasteiger partial charge in [0.25, 0.3) is 0 Å². The molecule has 0 aromatic heterocycles. The minimum atomic E-state index is 0. The van der Waals surface area contributed by atoms with Crippen molar-refractivity contribution in [2.75, 3.05) is 31.1 Å². The third kappa shape index (κ3) is 4.06. The van der Waals surface area contributed by atoms with Crippen molar-refractivity contribution in [1.82, 2.24) is 5.32 Å². The van der Waals surface area contributed by atoms with Crippen molar-refractivity contribution in [2.45, 2.75) is 23.6 Å². The summed E-state index contributed by atoms with van der Waals surface area (Å²) < 4.78 is 0. The Labute approximate surface area is 148 Å². The average molecular weight is 379 g/mol. The first-order valence-electron chi connectivity index (χ1n) is 7.54. The van der Waals surface area contributed by atoms with Crippen LogP contribution in [0.3, 0.4) is 0 Å². The zero-order chi connectivity index (χ0) is 14.7. The monoisotopic (exact) mass is 378 g/mol. The number of rotatable bonds is 3. The first-order chi connectivity index (χ1) is 10.2. The van der Waals surface area contributed by atoms with Crippen LogP contribution in [-0.4, -0.2) is 26.2 Å². The van der Waals surface area contributed by atoms with E-state index in [1.54, 1.807) is 0 Å². The lowest BCUT2D eigenvalue weighted by Crippen LogP contribution is -2.43. The molecular formula is C18H23BrN2S. The van der Waals surface area contributed by atoms with Crippen LogP contribution in [0.25, 0.3) is 0 Å². The van der Waals surface area contributed by atoms with E-state index in [4.69, 9.17) is 0 Å². The van der Waals surface area contributed by atoms with Gasteiger partial charge in [-0.2, -0.15) is 0 Å². The van der Waals surface area contributed by atoms with Crippen LogP contribution >= 0.6 is 28.7 Å². The van der Waals surface area contributed by atoms with Crippen LogP contribution in [0.5, 0.6) is 0 Å². The van der Waals surface area contributed by atoms with E-state index in [2.05, 4.69) is 66.5 Å². The number of nitrogens with zero attached hydrogens (tertiary/aromatic N) is 1. The molecule has 1 N–H and O–H groups in total. The van der Waals surface area contributed by atoms with Crippen molar-refractivity contribution >= 4 is 34.4 Å². The molecule has 1 fully saturated rings. The van der Waals surface area contributed by atoms with Crippen LogP contribution < -0.4 is 10.2 Å². The largest absolute Gasteiger partial charge is 0.368 e. The number of benzene rings is 2. The molecule has 0 spiro atoms. The molecule has 3 rings (SSSR count). The average Bonchev–Trinajstić information content (AvgIpc) is 2.52. The van der Waals surface area contributed by atoms with Crippen LogP contribution in [0.4, 0.5) is 5.69 Å². The van der Waals surface area contributed by atoms with E-state index in [1.165, 1.54) is 26.6 Å². The van der Waals surface area contributed by atoms with E-state index >= 15 is 0 Å². The second-order valence-corrected chi connectivity index (χ2v) is 6.66. The molecular weight excluding hydrogens is 356 g/mol. The quantitative estimate of drug-likeness (QED) is 0.849. The second-order valence-electron chi connectivity index (χ2n) is 5.58. The Morgan fingerprint density at radius 1 is 0.955 bits per heavy atom. The fourth-order valence-corrected chi connectivity index (χ4v) is 3.81. The Hall–Kier alpha value is -0.970. The summed E-state index contributed by atoms with van der Waals surface area (Å²) in [4.78, 5) is 5.20. The summed E-state index contributed by atoms with van der Waals surface area (Å²) >= 11 is 1.89. The van der Waals surface area contributed by atoms with Gasteiger partial charge in [0.05, 0.1) is 5.69 Å². The van der Waals surface area contributed by atoms with E-state index in [-0.39, 0.29) is 17.0 Å². The predicted molar refractivity (Wildman–Crippen MR) is 102 cm³/mol. The van der Waals surface area contributed by atoms with Gasteiger partial charge in [0.15, 0.2) is 0 Å². The van der Waals surface area contributed by atoms with E-state index in [0.29, 0.717) is 0 Å². The molecule has 22 heavy (non-hydrogen) atoms. The zero-order valence-corrected chi connectivity index (χ0v) is 15.7. The van der Waals surface area contributed by atoms with Crippen molar-refractivity contribution in [2.24, 2.45) is 0 Å². The highest BCUT2D eigenvalue weighted by atomic mass is 79.9. The molecule has 2 nitrogen and oxygen atoms in total. The molecule has 0 unspecified atom stereocenters. The molecule has 0 radical (unpaired) electrons. The summed E-state index contributed by atoms with van der Waals surface area (Å²) in [5, 5.41) is 3.42. The van der Waals surface area contributed by atoms with Crippen LogP contribution in [0.15, 0.2) is 52.3 Å². The van der Waals surface area contributed by atoms with Gasteiger partial charge in [-0.15, -0.1) is 17.0 Å². The second kappa shape index (κ2) is 8.04. The van der Waals surface area contributed by atoms with Gasteiger partial charge in [-0.25, -0.2) is 0 Å². The fourth-order valence-electron chi connectivity index (χ4n) is 2.65. The molecule has 2 aromatic rings. The Balaban J connectivity index is 0.00000176. The van der Waals surface area contributed by atoms with Gasteiger partial charge in [-0.3, -0.25) is 0 Å². The maximum Gasteiger partial charge on any atom is 0.0508 e. The topological polar surface area (TPSA) is 15.3 Å². The van der Waals surface area contributed by atoms with Crippen molar-refractivity contribution in [3.63, 3.8) is 0 Å². The lowest BCUT2D eigenvalue weighted by atomic mass is 10.2. The summed E-state index contributed by atoms with van der Waals surface area (Å²) in [6, 6.07) is 15.5. The van der Waals surface area contributed by atoms with Gasteiger partial charge in [0.2, 0.25) is 0 Å². The standard InChI is InChI=1S/C18H22N2S.BrH/c1-14-7-8-15(2)18(13-14)21-17-6-4-3-5-16(17)20-11-9-19-10-12-20;/h3-8,13,19H,9-12H2,1-2H3;1H. The van der Waals surface area contributed by atoms with E-state index < -0.39 is 0 Å². The predicted octanol–water partition coefficient (Wildman–Crippen LogP) is 4.44. The van der Waals surface area contributed by atoms with Crippen molar-refractivity contribution in [3.05, 3.63) is 53.6 Å². The lowest BCUT2D eigenvalue weighted by molar-refractivity contribution is 0.587.